The molecule has 4 nitrogen and oxygen atoms in total. The van der Waals surface area contributed by atoms with Crippen LogP contribution in [0.25, 0.3) is 0 Å². The van der Waals surface area contributed by atoms with Crippen LogP contribution in [0.3, 0.4) is 0 Å². The Balaban J connectivity index is 1.39. The summed E-state index contributed by atoms with van der Waals surface area (Å²) in [5, 5.41) is 15.5. The number of rotatable bonds is 7. The van der Waals surface area contributed by atoms with Crippen LogP contribution in [0.4, 0.5) is 22.7 Å². The molecule has 0 aliphatic heterocycles. The lowest BCUT2D eigenvalue weighted by Crippen LogP contribution is -2.19. The molecule has 0 fully saturated rings. The first-order valence-corrected chi connectivity index (χ1v) is 15.3. The topological polar surface area (TPSA) is 48.1 Å². The van der Waals surface area contributed by atoms with E-state index in [1.54, 1.807) is 45.9 Å². The summed E-state index contributed by atoms with van der Waals surface area (Å²) in [4.78, 5) is 2.00. The van der Waals surface area contributed by atoms with Crippen LogP contribution >= 0.6 is 92.4 Å². The maximum atomic E-state index is 6.11. The highest BCUT2D eigenvalue weighted by atomic mass is 35.5. The van der Waals surface area contributed by atoms with Crippen molar-refractivity contribution in [2.45, 2.75) is 9.79 Å². The maximum Gasteiger partial charge on any atom is 0.175 e. The highest BCUT2D eigenvalue weighted by Gasteiger charge is 2.10. The van der Waals surface area contributed by atoms with Gasteiger partial charge in [0.1, 0.15) is 0 Å². The van der Waals surface area contributed by atoms with E-state index >= 15 is 0 Å². The van der Waals surface area contributed by atoms with Gasteiger partial charge < -0.3 is 21.3 Å². The van der Waals surface area contributed by atoms with E-state index in [2.05, 4.69) is 21.3 Å². The van der Waals surface area contributed by atoms with Crippen molar-refractivity contribution in [1.82, 2.24) is 0 Å². The molecule has 12 heteroatoms. The summed E-state index contributed by atoms with van der Waals surface area (Å²) < 4.78 is 0. The first kappa shape index (κ1) is 29.1. The second-order valence-electron chi connectivity index (χ2n) is 7.58. The quantitative estimate of drug-likeness (QED) is 0.116. The van der Waals surface area contributed by atoms with E-state index in [9.17, 15) is 0 Å². The lowest BCUT2D eigenvalue weighted by molar-refractivity contribution is 1.44. The molecule has 0 atom stereocenters. The molecule has 0 saturated heterocycles. The molecule has 4 rings (SSSR count). The zero-order valence-electron chi connectivity index (χ0n) is 19.2. The van der Waals surface area contributed by atoms with Gasteiger partial charge in [-0.25, -0.2) is 0 Å². The van der Waals surface area contributed by atoms with Crippen LogP contribution in [-0.4, -0.2) is 10.2 Å². The van der Waals surface area contributed by atoms with Gasteiger partial charge >= 0.3 is 0 Å². The van der Waals surface area contributed by atoms with Crippen molar-refractivity contribution >= 4 is 125 Å². The average Bonchev–Trinajstić information content (AvgIpc) is 2.88. The van der Waals surface area contributed by atoms with E-state index in [0.29, 0.717) is 30.3 Å². The largest absolute Gasteiger partial charge is 0.332 e. The standard InChI is InChI=1S/C26H18Cl4N4S4/c27-17-11-9-15(13-19(17)29)31-25(35)33-21-5-1-3-7-23(21)37-38-24-8-4-2-6-22(24)34-26(36)32-16-10-12-18(28)20(30)14-16/h1-14H,(H2,31,33,35)(H2,32,34,36). The third-order valence-electron chi connectivity index (χ3n) is 4.85. The number of anilines is 4. The van der Waals surface area contributed by atoms with Crippen LogP contribution < -0.4 is 21.3 Å². The monoisotopic (exact) mass is 654 g/mol. The van der Waals surface area contributed by atoms with Crippen molar-refractivity contribution < 1.29 is 0 Å². The van der Waals surface area contributed by atoms with E-state index < -0.39 is 0 Å². The van der Waals surface area contributed by atoms with Crippen molar-refractivity contribution in [3.63, 3.8) is 0 Å². The minimum absolute atomic E-state index is 0.433. The van der Waals surface area contributed by atoms with Gasteiger partial charge in [0.2, 0.25) is 0 Å². The third kappa shape index (κ3) is 8.31. The van der Waals surface area contributed by atoms with Gasteiger partial charge in [-0.05, 0) is 85.1 Å². The number of para-hydroxylation sites is 2. The smallest absolute Gasteiger partial charge is 0.175 e. The molecule has 0 spiro atoms. The minimum Gasteiger partial charge on any atom is -0.332 e. The van der Waals surface area contributed by atoms with Crippen LogP contribution in [0.15, 0.2) is 94.7 Å². The molecule has 0 bridgehead atoms. The molecule has 0 amide bonds. The van der Waals surface area contributed by atoms with Crippen molar-refractivity contribution in [2.24, 2.45) is 0 Å². The average molecular weight is 657 g/mol. The second-order valence-corrected chi connectivity index (χ2v) is 12.2. The molecule has 0 aromatic heterocycles. The molecule has 0 aliphatic rings. The first-order chi connectivity index (χ1) is 18.3. The summed E-state index contributed by atoms with van der Waals surface area (Å²) >= 11 is 35.2. The van der Waals surface area contributed by atoms with Crippen molar-refractivity contribution in [3.8, 4) is 0 Å². The van der Waals surface area contributed by atoms with Gasteiger partial charge in [-0.15, -0.1) is 0 Å². The lowest BCUT2D eigenvalue weighted by atomic mass is 10.3. The lowest BCUT2D eigenvalue weighted by Gasteiger charge is -2.16. The number of halogens is 4. The van der Waals surface area contributed by atoms with E-state index in [4.69, 9.17) is 70.8 Å². The molecule has 0 radical (unpaired) electrons. The third-order valence-corrected chi connectivity index (χ3v) is 9.21. The summed E-state index contributed by atoms with van der Waals surface area (Å²) in [5.74, 6) is 0. The Morgan fingerprint density at radius 3 is 1.29 bits per heavy atom. The van der Waals surface area contributed by atoms with Gasteiger partial charge in [-0.1, -0.05) is 92.3 Å². The van der Waals surface area contributed by atoms with Crippen LogP contribution in [0.5, 0.6) is 0 Å². The summed E-state index contributed by atoms with van der Waals surface area (Å²) in [6, 6.07) is 26.3. The summed E-state index contributed by atoms with van der Waals surface area (Å²) in [6.45, 7) is 0. The second kappa shape index (κ2) is 14.0. The van der Waals surface area contributed by atoms with Gasteiger partial charge in [-0.2, -0.15) is 0 Å². The zero-order chi connectivity index (χ0) is 27.1. The molecule has 0 saturated carbocycles. The number of hydrogen-bond acceptors (Lipinski definition) is 4. The fraction of sp³-hybridized carbons (Fsp3) is 0. The summed E-state index contributed by atoms with van der Waals surface area (Å²) in [7, 11) is 3.19. The Morgan fingerprint density at radius 2 is 0.895 bits per heavy atom. The van der Waals surface area contributed by atoms with Gasteiger partial charge in [0.15, 0.2) is 10.2 Å². The Morgan fingerprint density at radius 1 is 0.500 bits per heavy atom. The molecular formula is C26H18Cl4N4S4. The molecule has 0 aliphatic carbocycles. The van der Waals surface area contributed by atoms with E-state index in [1.165, 1.54) is 0 Å². The summed E-state index contributed by atoms with van der Waals surface area (Å²) in [6.07, 6.45) is 0. The van der Waals surface area contributed by atoms with E-state index in [1.807, 2.05) is 60.7 Å². The molecule has 0 heterocycles. The Labute approximate surface area is 259 Å². The number of thiocarbonyl (C=S) groups is 2. The van der Waals surface area contributed by atoms with Crippen molar-refractivity contribution in [3.05, 3.63) is 105 Å². The summed E-state index contributed by atoms with van der Waals surface area (Å²) in [5.41, 5.74) is 3.21. The fourth-order valence-corrected chi connectivity index (χ4v) is 6.42. The molecule has 38 heavy (non-hydrogen) atoms. The van der Waals surface area contributed by atoms with Crippen LogP contribution in [-0.2, 0) is 0 Å². The predicted molar refractivity (Wildman–Crippen MR) is 177 cm³/mol. The maximum absolute atomic E-state index is 6.11. The van der Waals surface area contributed by atoms with E-state index in [0.717, 1.165) is 32.5 Å². The van der Waals surface area contributed by atoms with Gasteiger partial charge in [0.05, 0.1) is 31.5 Å². The molecule has 4 aromatic carbocycles. The van der Waals surface area contributed by atoms with Crippen LogP contribution in [0.1, 0.15) is 0 Å². The highest BCUT2D eigenvalue weighted by Crippen LogP contribution is 2.43. The number of benzene rings is 4. The van der Waals surface area contributed by atoms with Gasteiger partial charge in [0.25, 0.3) is 0 Å². The molecular weight excluding hydrogens is 638 g/mol. The normalized spacial score (nSPS) is 10.5. The minimum atomic E-state index is 0.433. The van der Waals surface area contributed by atoms with Gasteiger partial charge in [0, 0.05) is 21.2 Å². The van der Waals surface area contributed by atoms with Crippen molar-refractivity contribution in [1.29, 1.82) is 0 Å². The van der Waals surface area contributed by atoms with Gasteiger partial charge in [-0.3, -0.25) is 0 Å². The number of hydrogen-bond donors (Lipinski definition) is 4. The molecule has 4 aromatic rings. The Bertz CT molecular complexity index is 1370. The first-order valence-electron chi connectivity index (χ1n) is 10.9. The van der Waals surface area contributed by atoms with Crippen LogP contribution in [0.2, 0.25) is 20.1 Å². The van der Waals surface area contributed by atoms with Crippen molar-refractivity contribution in [2.75, 3.05) is 21.3 Å². The van der Waals surface area contributed by atoms with E-state index in [-0.39, 0.29) is 0 Å². The van der Waals surface area contributed by atoms with Crippen LogP contribution in [0, 0.1) is 0 Å². The predicted octanol–water partition coefficient (Wildman–Crippen LogP) is 10.7. The number of nitrogens with one attached hydrogen (secondary N) is 4. The molecule has 4 N–H and O–H groups in total. The zero-order valence-corrected chi connectivity index (χ0v) is 25.5. The SMILES string of the molecule is S=C(Nc1ccc(Cl)c(Cl)c1)Nc1ccccc1SSc1ccccc1NC(=S)Nc1ccc(Cl)c(Cl)c1. The Hall–Kier alpha value is -1.88. The Kier molecular flexibility index (Phi) is 10.7. The molecule has 194 valence electrons. The highest BCUT2D eigenvalue weighted by molar-refractivity contribution is 8.76. The molecule has 0 unspecified atom stereocenters. The fourth-order valence-electron chi connectivity index (χ4n) is 3.09.